The molecule has 0 aromatic rings. The molecule has 4 aliphatic carbocycles. The van der Waals surface area contributed by atoms with Gasteiger partial charge in [-0.25, -0.2) is 0 Å². The minimum atomic E-state index is -0.738. The molecule has 11 atom stereocenters. The van der Waals surface area contributed by atoms with Gasteiger partial charge in [-0.2, -0.15) is 0 Å². The van der Waals surface area contributed by atoms with E-state index in [1.54, 1.807) is 0 Å². The molecular formula is C26H45NO4. The molecule has 4 saturated carbocycles. The van der Waals surface area contributed by atoms with Gasteiger partial charge in [-0.05, 0) is 104 Å². The molecule has 4 fully saturated rings. The smallest absolute Gasteiger partial charge is 0.303 e. The van der Waals surface area contributed by atoms with Crippen molar-refractivity contribution in [3.8, 4) is 0 Å². The quantitative estimate of drug-likeness (QED) is 0.518. The van der Waals surface area contributed by atoms with Crippen molar-refractivity contribution < 1.29 is 20.1 Å². The van der Waals surface area contributed by atoms with E-state index in [0.717, 1.165) is 51.4 Å². The molecule has 0 radical (unpaired) electrons. The SMILES string of the molecule is CCC12CC(N)CCC1(C)[C@@H]1CC(O)C3(C)C(CCC3[C@H](C)CCC(=O)O)C1C(O)C2. The molecule has 31 heavy (non-hydrogen) atoms. The van der Waals surface area contributed by atoms with Crippen LogP contribution in [-0.4, -0.2) is 39.5 Å². The van der Waals surface area contributed by atoms with Crippen molar-refractivity contribution in [1.29, 1.82) is 0 Å². The Hall–Kier alpha value is -0.650. The fourth-order valence-electron chi connectivity index (χ4n) is 9.67. The second kappa shape index (κ2) is 7.99. The van der Waals surface area contributed by atoms with Crippen LogP contribution in [0.3, 0.4) is 0 Å². The molecule has 0 aromatic heterocycles. The summed E-state index contributed by atoms with van der Waals surface area (Å²) in [6.45, 7) is 9.13. The van der Waals surface area contributed by atoms with Crippen LogP contribution in [0, 0.1) is 45.8 Å². The number of aliphatic hydroxyl groups excluding tert-OH is 2. The van der Waals surface area contributed by atoms with Gasteiger partial charge in [0, 0.05) is 12.5 Å². The average Bonchev–Trinajstić information content (AvgIpc) is 3.06. The first-order chi connectivity index (χ1) is 14.5. The Morgan fingerprint density at radius 3 is 2.48 bits per heavy atom. The molecule has 0 bridgehead atoms. The highest BCUT2D eigenvalue weighted by molar-refractivity contribution is 5.66. The summed E-state index contributed by atoms with van der Waals surface area (Å²) in [5.74, 6) is 0.754. The van der Waals surface area contributed by atoms with Gasteiger partial charge < -0.3 is 21.1 Å². The maximum atomic E-state index is 11.7. The molecule has 5 nitrogen and oxygen atoms in total. The van der Waals surface area contributed by atoms with Crippen LogP contribution in [0.15, 0.2) is 0 Å². The van der Waals surface area contributed by atoms with Gasteiger partial charge in [0.1, 0.15) is 0 Å². The monoisotopic (exact) mass is 435 g/mol. The van der Waals surface area contributed by atoms with Gasteiger partial charge in [0.2, 0.25) is 0 Å². The molecule has 0 aromatic carbocycles. The topological polar surface area (TPSA) is 104 Å². The summed E-state index contributed by atoms with van der Waals surface area (Å²) in [6.07, 6.45) is 8.03. The zero-order chi connectivity index (χ0) is 22.8. The minimum absolute atomic E-state index is 0.0749. The number of aliphatic carboxylic acids is 1. The Balaban J connectivity index is 1.66. The van der Waals surface area contributed by atoms with Crippen molar-refractivity contribution >= 4 is 5.97 Å². The maximum absolute atomic E-state index is 11.7. The molecule has 5 N–H and O–H groups in total. The van der Waals surface area contributed by atoms with E-state index in [1.165, 1.54) is 0 Å². The lowest BCUT2D eigenvalue weighted by atomic mass is 9.38. The van der Waals surface area contributed by atoms with Crippen molar-refractivity contribution in [3.63, 3.8) is 0 Å². The summed E-state index contributed by atoms with van der Waals surface area (Å²) in [4.78, 5) is 11.1. The van der Waals surface area contributed by atoms with Gasteiger partial charge in [0.15, 0.2) is 0 Å². The molecule has 5 heteroatoms. The van der Waals surface area contributed by atoms with Crippen LogP contribution < -0.4 is 5.73 Å². The van der Waals surface area contributed by atoms with Crippen molar-refractivity contribution in [2.45, 2.75) is 110 Å². The summed E-state index contributed by atoms with van der Waals surface area (Å²) in [7, 11) is 0. The first kappa shape index (κ1) is 23.5. The first-order valence-electron chi connectivity index (χ1n) is 12.8. The van der Waals surface area contributed by atoms with Gasteiger partial charge in [0.25, 0.3) is 0 Å². The van der Waals surface area contributed by atoms with Crippen molar-refractivity contribution in [2.24, 2.45) is 51.6 Å². The van der Waals surface area contributed by atoms with E-state index in [4.69, 9.17) is 10.8 Å². The van der Waals surface area contributed by atoms with E-state index in [-0.39, 0.29) is 52.8 Å². The summed E-state index contributed by atoms with van der Waals surface area (Å²) < 4.78 is 0. The van der Waals surface area contributed by atoms with E-state index in [1.807, 2.05) is 0 Å². The average molecular weight is 436 g/mol. The lowest BCUT2D eigenvalue weighted by molar-refractivity contribution is -0.232. The number of carboxylic acid groups (broad SMARTS) is 1. The Kier molecular flexibility index (Phi) is 6.06. The van der Waals surface area contributed by atoms with Gasteiger partial charge in [0.05, 0.1) is 12.2 Å². The third-order valence-corrected chi connectivity index (χ3v) is 11.4. The highest BCUT2D eigenvalue weighted by Gasteiger charge is 2.68. The van der Waals surface area contributed by atoms with Crippen LogP contribution in [0.4, 0.5) is 0 Å². The van der Waals surface area contributed by atoms with Crippen LogP contribution >= 0.6 is 0 Å². The number of carboxylic acids is 1. The van der Waals surface area contributed by atoms with Gasteiger partial charge in [-0.3, -0.25) is 4.79 Å². The second-order valence-corrected chi connectivity index (χ2v) is 12.3. The molecule has 0 saturated heterocycles. The maximum Gasteiger partial charge on any atom is 0.303 e. The zero-order valence-electron chi connectivity index (χ0n) is 20.0. The second-order valence-electron chi connectivity index (χ2n) is 12.3. The van der Waals surface area contributed by atoms with E-state index in [2.05, 4.69) is 27.7 Å². The summed E-state index contributed by atoms with van der Waals surface area (Å²) in [5, 5.41) is 32.4. The molecule has 0 spiro atoms. The van der Waals surface area contributed by atoms with Gasteiger partial charge in [-0.15, -0.1) is 0 Å². The molecule has 4 rings (SSSR count). The summed E-state index contributed by atoms with van der Waals surface area (Å²) in [6, 6.07) is 0.224. The normalized spacial score (nSPS) is 52.7. The number of hydrogen-bond acceptors (Lipinski definition) is 4. The predicted molar refractivity (Wildman–Crippen MR) is 121 cm³/mol. The van der Waals surface area contributed by atoms with Gasteiger partial charge in [-0.1, -0.05) is 27.7 Å². The Labute approximate surface area is 188 Å². The van der Waals surface area contributed by atoms with Gasteiger partial charge >= 0.3 is 5.97 Å². The lowest BCUT2D eigenvalue weighted by Gasteiger charge is -2.68. The molecule has 0 amide bonds. The van der Waals surface area contributed by atoms with Crippen LogP contribution in [0.25, 0.3) is 0 Å². The molecular weight excluding hydrogens is 390 g/mol. The zero-order valence-corrected chi connectivity index (χ0v) is 20.0. The molecule has 178 valence electrons. The van der Waals surface area contributed by atoms with Crippen molar-refractivity contribution in [2.75, 3.05) is 0 Å². The molecule has 0 heterocycles. The predicted octanol–water partition coefficient (Wildman–Crippen LogP) is 4.20. The fraction of sp³-hybridized carbons (Fsp3) is 0.962. The molecule has 0 aliphatic heterocycles. The highest BCUT2D eigenvalue weighted by Crippen LogP contribution is 2.71. The summed E-state index contributed by atoms with van der Waals surface area (Å²) in [5.41, 5.74) is 6.41. The first-order valence-corrected chi connectivity index (χ1v) is 12.8. The van der Waals surface area contributed by atoms with E-state index in [0.29, 0.717) is 24.2 Å². The lowest BCUT2D eigenvalue weighted by Crippen LogP contribution is -2.66. The molecule has 9 unspecified atom stereocenters. The Morgan fingerprint density at radius 1 is 1.13 bits per heavy atom. The van der Waals surface area contributed by atoms with Crippen molar-refractivity contribution in [1.82, 2.24) is 0 Å². The largest absolute Gasteiger partial charge is 0.481 e. The third-order valence-electron chi connectivity index (χ3n) is 11.4. The van der Waals surface area contributed by atoms with E-state index >= 15 is 0 Å². The molecule has 4 aliphatic rings. The number of fused-ring (bicyclic) bond motifs is 5. The van der Waals surface area contributed by atoms with Crippen LogP contribution in [-0.2, 0) is 4.79 Å². The summed E-state index contributed by atoms with van der Waals surface area (Å²) >= 11 is 0. The number of hydrogen-bond donors (Lipinski definition) is 4. The van der Waals surface area contributed by atoms with Crippen molar-refractivity contribution in [3.05, 3.63) is 0 Å². The highest BCUT2D eigenvalue weighted by atomic mass is 16.4. The number of rotatable bonds is 5. The Bertz CT molecular complexity index is 699. The number of nitrogens with two attached hydrogens (primary N) is 1. The third kappa shape index (κ3) is 3.32. The Morgan fingerprint density at radius 2 is 1.84 bits per heavy atom. The fourth-order valence-corrected chi connectivity index (χ4v) is 9.67. The van der Waals surface area contributed by atoms with Crippen LogP contribution in [0.2, 0.25) is 0 Å². The number of aliphatic hydroxyl groups is 2. The minimum Gasteiger partial charge on any atom is -0.481 e. The standard InChI is InChI=1S/C26H45NO4/c1-5-26-13-16(27)10-11-24(26,3)19-12-21(29)25(4)17(15(2)6-9-22(30)31)7-8-18(25)23(19)20(28)14-26/h15-21,23,28-29H,5-14,27H2,1-4H3,(H,30,31)/t15-,16?,17?,18?,19-,20?,21?,23?,24?,25?,26?/m1/s1. The van der Waals surface area contributed by atoms with E-state index < -0.39 is 5.97 Å². The van der Waals surface area contributed by atoms with Crippen LogP contribution in [0.5, 0.6) is 0 Å². The van der Waals surface area contributed by atoms with E-state index in [9.17, 15) is 15.0 Å². The van der Waals surface area contributed by atoms with Crippen LogP contribution in [0.1, 0.15) is 91.9 Å². The number of carbonyl (C=O) groups is 1.